The number of nitrogens with one attached hydrogen (secondary N) is 2. The van der Waals surface area contributed by atoms with E-state index < -0.39 is 5.82 Å². The van der Waals surface area contributed by atoms with Gasteiger partial charge in [-0.2, -0.15) is 0 Å². The summed E-state index contributed by atoms with van der Waals surface area (Å²) in [6.07, 6.45) is 1.09. The Morgan fingerprint density at radius 1 is 1.50 bits per heavy atom. The lowest BCUT2D eigenvalue weighted by Crippen LogP contribution is -2.24. The van der Waals surface area contributed by atoms with Crippen molar-refractivity contribution < 1.29 is 9.18 Å². The standard InChI is InChI=1S/C13H13BrFN3OS/c1-2-16-12-11(4-9(15)5-17-12)13(19)18-6-10-3-8(14)7-20-10/h3-5,7H,2,6H2,1H3,(H,16,17)(H,18,19). The predicted molar refractivity (Wildman–Crippen MR) is 81.5 cm³/mol. The Bertz CT molecular complexity index is 617. The molecule has 0 saturated carbocycles. The molecule has 0 saturated heterocycles. The summed E-state index contributed by atoms with van der Waals surface area (Å²) in [5.41, 5.74) is 0.211. The molecule has 0 aromatic carbocycles. The number of pyridine rings is 1. The number of aromatic nitrogens is 1. The summed E-state index contributed by atoms with van der Waals surface area (Å²) >= 11 is 4.89. The molecule has 4 nitrogen and oxygen atoms in total. The maximum atomic E-state index is 13.2. The van der Waals surface area contributed by atoms with Gasteiger partial charge < -0.3 is 10.6 Å². The minimum atomic E-state index is -0.532. The minimum absolute atomic E-state index is 0.211. The first kappa shape index (κ1) is 14.9. The third kappa shape index (κ3) is 3.77. The number of amides is 1. The zero-order valence-electron chi connectivity index (χ0n) is 10.7. The van der Waals surface area contributed by atoms with Crippen LogP contribution >= 0.6 is 27.3 Å². The summed E-state index contributed by atoms with van der Waals surface area (Å²) in [7, 11) is 0. The van der Waals surface area contributed by atoms with Gasteiger partial charge in [0, 0.05) is 21.3 Å². The molecule has 0 spiro atoms. The maximum Gasteiger partial charge on any atom is 0.255 e. The van der Waals surface area contributed by atoms with E-state index in [0.29, 0.717) is 18.9 Å². The molecule has 2 aromatic rings. The summed E-state index contributed by atoms with van der Waals surface area (Å²) in [6.45, 7) is 2.89. The molecule has 7 heteroatoms. The molecule has 0 aliphatic carbocycles. The summed E-state index contributed by atoms with van der Waals surface area (Å²) < 4.78 is 14.2. The number of anilines is 1. The first-order chi connectivity index (χ1) is 9.60. The Hall–Kier alpha value is -1.47. The van der Waals surface area contributed by atoms with E-state index in [1.54, 1.807) is 0 Å². The molecule has 0 bridgehead atoms. The van der Waals surface area contributed by atoms with Gasteiger partial charge in [0.1, 0.15) is 11.6 Å². The van der Waals surface area contributed by atoms with Gasteiger partial charge in [0.25, 0.3) is 5.91 Å². The van der Waals surface area contributed by atoms with Crippen molar-refractivity contribution >= 4 is 39.0 Å². The Balaban J connectivity index is 2.09. The van der Waals surface area contributed by atoms with Gasteiger partial charge >= 0.3 is 0 Å². The van der Waals surface area contributed by atoms with E-state index in [9.17, 15) is 9.18 Å². The SMILES string of the molecule is CCNc1ncc(F)cc1C(=O)NCc1cc(Br)cs1. The van der Waals surface area contributed by atoms with Crippen molar-refractivity contribution in [1.29, 1.82) is 0 Å². The molecule has 2 aromatic heterocycles. The summed E-state index contributed by atoms with van der Waals surface area (Å²) in [5, 5.41) is 7.64. The Morgan fingerprint density at radius 2 is 2.30 bits per heavy atom. The fourth-order valence-corrected chi connectivity index (χ4v) is 3.02. The van der Waals surface area contributed by atoms with Crippen molar-refractivity contribution in [2.75, 3.05) is 11.9 Å². The molecule has 106 valence electrons. The van der Waals surface area contributed by atoms with E-state index in [1.165, 1.54) is 17.4 Å². The van der Waals surface area contributed by atoms with Crippen LogP contribution in [0.1, 0.15) is 22.2 Å². The van der Waals surface area contributed by atoms with Crippen molar-refractivity contribution in [2.24, 2.45) is 0 Å². The summed E-state index contributed by atoms with van der Waals surface area (Å²) in [5.74, 6) is -0.494. The van der Waals surface area contributed by atoms with Crippen molar-refractivity contribution in [1.82, 2.24) is 10.3 Å². The molecule has 0 unspecified atom stereocenters. The average molecular weight is 358 g/mol. The molecule has 0 atom stereocenters. The fourth-order valence-electron chi connectivity index (χ4n) is 1.63. The molecule has 0 aliphatic heterocycles. The van der Waals surface area contributed by atoms with E-state index in [-0.39, 0.29) is 11.5 Å². The van der Waals surface area contributed by atoms with Crippen LogP contribution in [0.2, 0.25) is 0 Å². The minimum Gasteiger partial charge on any atom is -0.370 e. The fraction of sp³-hybridized carbons (Fsp3) is 0.231. The van der Waals surface area contributed by atoms with Crippen LogP contribution in [-0.4, -0.2) is 17.4 Å². The van der Waals surface area contributed by atoms with Gasteiger partial charge in [-0.15, -0.1) is 11.3 Å². The lowest BCUT2D eigenvalue weighted by atomic mass is 10.2. The Labute approximate surface area is 128 Å². The van der Waals surface area contributed by atoms with Gasteiger partial charge in [-0.1, -0.05) is 0 Å². The predicted octanol–water partition coefficient (Wildman–Crippen LogP) is 3.41. The largest absolute Gasteiger partial charge is 0.370 e. The van der Waals surface area contributed by atoms with Crippen LogP contribution in [0, 0.1) is 5.82 Å². The second-order valence-corrected chi connectivity index (χ2v) is 5.91. The number of carbonyl (C=O) groups is 1. The Kier molecular flexibility index (Phi) is 5.08. The quantitative estimate of drug-likeness (QED) is 0.861. The van der Waals surface area contributed by atoms with Crippen molar-refractivity contribution in [2.45, 2.75) is 13.5 Å². The van der Waals surface area contributed by atoms with Crippen LogP contribution in [0.3, 0.4) is 0 Å². The zero-order valence-corrected chi connectivity index (χ0v) is 13.1. The van der Waals surface area contributed by atoms with Crippen molar-refractivity contribution in [3.05, 3.63) is 44.4 Å². The smallest absolute Gasteiger partial charge is 0.255 e. The topological polar surface area (TPSA) is 54.0 Å². The molecule has 2 heterocycles. The van der Waals surface area contributed by atoms with Crippen LogP contribution in [0.5, 0.6) is 0 Å². The van der Waals surface area contributed by atoms with Gasteiger partial charge in [-0.05, 0) is 35.0 Å². The van der Waals surface area contributed by atoms with E-state index in [2.05, 4.69) is 31.5 Å². The highest BCUT2D eigenvalue weighted by Crippen LogP contribution is 2.20. The van der Waals surface area contributed by atoms with Crippen LogP contribution in [0.25, 0.3) is 0 Å². The molecule has 2 N–H and O–H groups in total. The van der Waals surface area contributed by atoms with Crippen LogP contribution in [0.4, 0.5) is 10.2 Å². The summed E-state index contributed by atoms with van der Waals surface area (Å²) in [6, 6.07) is 3.12. The van der Waals surface area contributed by atoms with E-state index >= 15 is 0 Å². The molecule has 1 amide bonds. The van der Waals surface area contributed by atoms with E-state index in [0.717, 1.165) is 15.5 Å². The number of thiophene rings is 1. The molecular weight excluding hydrogens is 345 g/mol. The van der Waals surface area contributed by atoms with Crippen LogP contribution in [-0.2, 0) is 6.54 Å². The normalized spacial score (nSPS) is 10.3. The summed E-state index contributed by atoms with van der Waals surface area (Å²) in [4.78, 5) is 17.0. The van der Waals surface area contributed by atoms with Crippen LogP contribution in [0.15, 0.2) is 28.2 Å². The second-order valence-electron chi connectivity index (χ2n) is 3.99. The average Bonchev–Trinajstić information content (AvgIpc) is 2.84. The second kappa shape index (κ2) is 6.81. The van der Waals surface area contributed by atoms with Gasteiger partial charge in [-0.25, -0.2) is 9.37 Å². The zero-order chi connectivity index (χ0) is 14.5. The van der Waals surface area contributed by atoms with Crippen molar-refractivity contribution in [3.8, 4) is 0 Å². The molecular formula is C13H13BrFN3OS. The molecule has 20 heavy (non-hydrogen) atoms. The number of hydrogen-bond acceptors (Lipinski definition) is 4. The van der Waals surface area contributed by atoms with Gasteiger partial charge in [0.15, 0.2) is 0 Å². The first-order valence-corrected chi connectivity index (χ1v) is 7.68. The number of nitrogens with zero attached hydrogens (tertiary/aromatic N) is 1. The third-order valence-corrected chi connectivity index (χ3v) is 4.19. The monoisotopic (exact) mass is 357 g/mol. The number of hydrogen-bond donors (Lipinski definition) is 2. The lowest BCUT2D eigenvalue weighted by Gasteiger charge is -2.09. The number of halogens is 2. The first-order valence-electron chi connectivity index (χ1n) is 6.00. The number of carbonyl (C=O) groups excluding carboxylic acids is 1. The Morgan fingerprint density at radius 3 is 2.95 bits per heavy atom. The number of rotatable bonds is 5. The van der Waals surface area contributed by atoms with E-state index in [1.807, 2.05) is 18.4 Å². The molecule has 2 rings (SSSR count). The van der Waals surface area contributed by atoms with Gasteiger partial charge in [0.05, 0.1) is 18.3 Å². The molecule has 0 radical (unpaired) electrons. The third-order valence-electron chi connectivity index (χ3n) is 2.49. The van der Waals surface area contributed by atoms with E-state index in [4.69, 9.17) is 0 Å². The highest BCUT2D eigenvalue weighted by molar-refractivity contribution is 9.10. The lowest BCUT2D eigenvalue weighted by molar-refractivity contribution is 0.0951. The molecule has 0 fully saturated rings. The van der Waals surface area contributed by atoms with Crippen molar-refractivity contribution in [3.63, 3.8) is 0 Å². The van der Waals surface area contributed by atoms with Gasteiger partial charge in [0.2, 0.25) is 0 Å². The van der Waals surface area contributed by atoms with Crippen LogP contribution < -0.4 is 10.6 Å². The maximum absolute atomic E-state index is 13.2. The van der Waals surface area contributed by atoms with Gasteiger partial charge in [-0.3, -0.25) is 4.79 Å². The highest BCUT2D eigenvalue weighted by Gasteiger charge is 2.13. The molecule has 0 aliphatic rings. The highest BCUT2D eigenvalue weighted by atomic mass is 79.9.